The van der Waals surface area contributed by atoms with Gasteiger partial charge in [0.25, 0.3) is 5.91 Å². The zero-order valence-corrected chi connectivity index (χ0v) is 14.6. The van der Waals surface area contributed by atoms with E-state index in [0.717, 1.165) is 12.1 Å². The maximum absolute atomic E-state index is 13.6. The summed E-state index contributed by atoms with van der Waals surface area (Å²) in [6.45, 7) is 0. The van der Waals surface area contributed by atoms with Crippen molar-refractivity contribution in [3.8, 4) is 0 Å². The largest absolute Gasteiger partial charge is 0.465 e. The summed E-state index contributed by atoms with van der Waals surface area (Å²) in [5.74, 6) is -2.41. The number of carbonyl (C=O) groups is 2. The molecule has 0 radical (unpaired) electrons. The van der Waals surface area contributed by atoms with Gasteiger partial charge < -0.3 is 15.4 Å². The Hall–Kier alpha value is -3.88. The minimum absolute atomic E-state index is 0.0460. The van der Waals surface area contributed by atoms with Crippen LogP contribution in [-0.4, -0.2) is 29.0 Å². The number of carbonyl (C=O) groups excluding carboxylic acids is 2. The number of methoxy groups -OCH3 is 1. The van der Waals surface area contributed by atoms with E-state index in [2.05, 4.69) is 25.3 Å². The van der Waals surface area contributed by atoms with Crippen molar-refractivity contribution in [3.05, 3.63) is 77.8 Å². The van der Waals surface area contributed by atoms with Crippen LogP contribution in [0.1, 0.15) is 20.8 Å². The number of esters is 1. The first-order valence-electron chi connectivity index (χ1n) is 8.00. The van der Waals surface area contributed by atoms with Gasteiger partial charge in [0.15, 0.2) is 0 Å². The van der Waals surface area contributed by atoms with Crippen molar-refractivity contribution < 1.29 is 23.1 Å². The highest BCUT2D eigenvalue weighted by atomic mass is 19.1. The van der Waals surface area contributed by atoms with E-state index in [9.17, 15) is 18.4 Å². The van der Waals surface area contributed by atoms with E-state index in [0.29, 0.717) is 23.1 Å². The quantitative estimate of drug-likeness (QED) is 0.654. The SMILES string of the molecule is COC(=O)c1ccc(Nc2cnc(C(=O)Nc3ccc(F)cc3F)cn2)cc1. The van der Waals surface area contributed by atoms with Gasteiger partial charge in [0.1, 0.15) is 23.1 Å². The minimum atomic E-state index is -0.894. The molecule has 142 valence electrons. The molecule has 1 aromatic heterocycles. The number of nitrogens with one attached hydrogen (secondary N) is 2. The van der Waals surface area contributed by atoms with E-state index >= 15 is 0 Å². The number of ether oxygens (including phenoxy) is 1. The Kier molecular flexibility index (Phi) is 5.54. The van der Waals surface area contributed by atoms with Gasteiger partial charge in [-0.05, 0) is 36.4 Å². The van der Waals surface area contributed by atoms with Gasteiger partial charge in [-0.15, -0.1) is 0 Å². The molecule has 2 N–H and O–H groups in total. The smallest absolute Gasteiger partial charge is 0.337 e. The first-order chi connectivity index (χ1) is 13.5. The molecular weight excluding hydrogens is 370 g/mol. The van der Waals surface area contributed by atoms with Crippen molar-refractivity contribution >= 4 is 29.1 Å². The average molecular weight is 384 g/mol. The fourth-order valence-corrected chi connectivity index (χ4v) is 2.24. The van der Waals surface area contributed by atoms with Gasteiger partial charge in [-0.1, -0.05) is 0 Å². The second kappa shape index (κ2) is 8.21. The van der Waals surface area contributed by atoms with Gasteiger partial charge in [0, 0.05) is 11.8 Å². The Labute approximate surface area is 158 Å². The Balaban J connectivity index is 1.65. The van der Waals surface area contributed by atoms with Crippen LogP contribution in [0.4, 0.5) is 26.0 Å². The Morgan fingerprint density at radius 1 is 1.00 bits per heavy atom. The lowest BCUT2D eigenvalue weighted by atomic mass is 10.2. The third kappa shape index (κ3) is 4.44. The predicted molar refractivity (Wildman–Crippen MR) is 97.4 cm³/mol. The molecule has 3 rings (SSSR count). The molecule has 7 nitrogen and oxygen atoms in total. The Morgan fingerprint density at radius 3 is 2.36 bits per heavy atom. The van der Waals surface area contributed by atoms with E-state index in [4.69, 9.17) is 0 Å². The monoisotopic (exact) mass is 384 g/mol. The Bertz CT molecular complexity index is 1010. The number of hydrogen-bond donors (Lipinski definition) is 2. The summed E-state index contributed by atoms with van der Waals surface area (Å²) in [5, 5.41) is 5.26. The molecule has 0 aliphatic carbocycles. The minimum Gasteiger partial charge on any atom is -0.465 e. The molecule has 0 saturated carbocycles. The molecule has 3 aromatic rings. The molecule has 0 bridgehead atoms. The highest BCUT2D eigenvalue weighted by Gasteiger charge is 2.12. The topological polar surface area (TPSA) is 93.2 Å². The molecule has 0 atom stereocenters. The van der Waals surface area contributed by atoms with Crippen LogP contribution in [0.2, 0.25) is 0 Å². The van der Waals surface area contributed by atoms with Crippen LogP contribution in [-0.2, 0) is 4.74 Å². The highest BCUT2D eigenvalue weighted by molar-refractivity contribution is 6.02. The van der Waals surface area contributed by atoms with Crippen molar-refractivity contribution in [1.29, 1.82) is 0 Å². The lowest BCUT2D eigenvalue weighted by Gasteiger charge is -2.08. The summed E-state index contributed by atoms with van der Waals surface area (Å²) in [6.07, 6.45) is 2.53. The maximum Gasteiger partial charge on any atom is 0.337 e. The average Bonchev–Trinajstić information content (AvgIpc) is 2.70. The zero-order valence-electron chi connectivity index (χ0n) is 14.6. The molecule has 1 amide bonds. The van der Waals surface area contributed by atoms with Crippen LogP contribution < -0.4 is 10.6 Å². The molecule has 28 heavy (non-hydrogen) atoms. The lowest BCUT2D eigenvalue weighted by Crippen LogP contribution is -2.15. The zero-order chi connectivity index (χ0) is 20.1. The molecule has 9 heteroatoms. The van der Waals surface area contributed by atoms with Crippen LogP contribution in [0.3, 0.4) is 0 Å². The molecular formula is C19H14F2N4O3. The van der Waals surface area contributed by atoms with Gasteiger partial charge >= 0.3 is 5.97 Å². The number of amides is 1. The van der Waals surface area contributed by atoms with Crippen molar-refractivity contribution in [2.45, 2.75) is 0 Å². The predicted octanol–water partition coefficient (Wildman–Crippen LogP) is 3.54. The van der Waals surface area contributed by atoms with Crippen molar-refractivity contribution in [2.75, 3.05) is 17.7 Å². The molecule has 0 saturated heterocycles. The Morgan fingerprint density at radius 2 is 1.75 bits per heavy atom. The normalized spacial score (nSPS) is 10.2. The standard InChI is InChI=1S/C19H14F2N4O3/c1-28-19(27)11-2-5-13(6-3-11)24-17-10-22-16(9-23-17)18(26)25-15-7-4-12(20)8-14(15)21/h2-10H,1H3,(H,23,24)(H,25,26). The van der Waals surface area contributed by atoms with Gasteiger partial charge in [0.05, 0.1) is 30.8 Å². The van der Waals surface area contributed by atoms with Crippen molar-refractivity contribution in [2.24, 2.45) is 0 Å². The maximum atomic E-state index is 13.6. The van der Waals surface area contributed by atoms with Gasteiger partial charge in [-0.3, -0.25) is 4.79 Å². The van der Waals surface area contributed by atoms with Crippen LogP contribution in [0.15, 0.2) is 54.9 Å². The molecule has 0 unspecified atom stereocenters. The second-order valence-corrected chi connectivity index (χ2v) is 5.56. The molecule has 0 fully saturated rings. The fourth-order valence-electron chi connectivity index (χ4n) is 2.24. The number of hydrogen-bond acceptors (Lipinski definition) is 6. The number of benzene rings is 2. The van der Waals surface area contributed by atoms with Crippen LogP contribution in [0.5, 0.6) is 0 Å². The summed E-state index contributed by atoms with van der Waals surface area (Å²) in [7, 11) is 1.30. The van der Waals surface area contributed by atoms with E-state index in [1.807, 2.05) is 0 Å². The van der Waals surface area contributed by atoms with Gasteiger partial charge in [-0.25, -0.2) is 23.5 Å². The molecule has 1 heterocycles. The number of aromatic nitrogens is 2. The first-order valence-corrected chi connectivity index (χ1v) is 8.00. The van der Waals surface area contributed by atoms with Crippen LogP contribution in [0, 0.1) is 11.6 Å². The number of anilines is 3. The van der Waals surface area contributed by atoms with Gasteiger partial charge in [0.2, 0.25) is 0 Å². The molecule has 2 aromatic carbocycles. The summed E-state index contributed by atoms with van der Waals surface area (Å²) in [4.78, 5) is 31.6. The summed E-state index contributed by atoms with van der Waals surface area (Å²) in [5.41, 5.74) is 0.836. The van der Waals surface area contributed by atoms with Gasteiger partial charge in [-0.2, -0.15) is 0 Å². The van der Waals surface area contributed by atoms with Crippen LogP contribution in [0.25, 0.3) is 0 Å². The number of halogens is 2. The number of rotatable bonds is 5. The summed E-state index contributed by atoms with van der Waals surface area (Å²) >= 11 is 0. The lowest BCUT2D eigenvalue weighted by molar-refractivity contribution is 0.0600. The first kappa shape index (κ1) is 18.9. The summed E-state index contributed by atoms with van der Waals surface area (Å²) < 4.78 is 31.1. The summed E-state index contributed by atoms with van der Waals surface area (Å²) in [6, 6.07) is 9.30. The van der Waals surface area contributed by atoms with Crippen molar-refractivity contribution in [3.63, 3.8) is 0 Å². The third-order valence-electron chi connectivity index (χ3n) is 3.64. The van der Waals surface area contributed by atoms with E-state index in [1.54, 1.807) is 24.3 Å². The molecule has 0 spiro atoms. The van der Waals surface area contributed by atoms with E-state index in [1.165, 1.54) is 19.5 Å². The van der Waals surface area contributed by atoms with E-state index < -0.39 is 23.5 Å². The fraction of sp³-hybridized carbons (Fsp3) is 0.0526. The molecule has 0 aliphatic heterocycles. The highest BCUT2D eigenvalue weighted by Crippen LogP contribution is 2.17. The third-order valence-corrected chi connectivity index (χ3v) is 3.64. The second-order valence-electron chi connectivity index (χ2n) is 5.56. The van der Waals surface area contributed by atoms with E-state index in [-0.39, 0.29) is 11.4 Å². The van der Waals surface area contributed by atoms with Crippen LogP contribution >= 0.6 is 0 Å². The molecule has 0 aliphatic rings. The van der Waals surface area contributed by atoms with Crippen molar-refractivity contribution in [1.82, 2.24) is 9.97 Å². The number of nitrogens with zero attached hydrogens (tertiary/aromatic N) is 2.